The summed E-state index contributed by atoms with van der Waals surface area (Å²) in [5, 5.41) is 0.742. The first-order chi connectivity index (χ1) is 4.89. The van der Waals surface area contributed by atoms with Gasteiger partial charge in [0.15, 0.2) is 0 Å². The maximum atomic E-state index is 11.3. The SMILES string of the molecule is CN(C(=O)CCBr)C(C)(C)C. The van der Waals surface area contributed by atoms with Crippen LogP contribution in [-0.2, 0) is 4.79 Å². The first-order valence-electron chi connectivity index (χ1n) is 3.72. The third-order valence-electron chi connectivity index (χ3n) is 1.69. The molecule has 3 heteroatoms. The number of halogens is 1. The lowest BCUT2D eigenvalue weighted by Crippen LogP contribution is -2.42. The second-order valence-electron chi connectivity index (χ2n) is 3.56. The fourth-order valence-electron chi connectivity index (χ4n) is 0.623. The Bertz CT molecular complexity index is 140. The van der Waals surface area contributed by atoms with Crippen molar-refractivity contribution in [3.05, 3.63) is 0 Å². The molecule has 0 fully saturated rings. The Morgan fingerprint density at radius 2 is 1.91 bits per heavy atom. The molecule has 0 saturated carbocycles. The molecule has 2 nitrogen and oxygen atoms in total. The highest BCUT2D eigenvalue weighted by atomic mass is 79.9. The van der Waals surface area contributed by atoms with Crippen molar-refractivity contribution in [2.24, 2.45) is 0 Å². The molecule has 1 amide bonds. The predicted molar refractivity (Wildman–Crippen MR) is 50.9 cm³/mol. The highest BCUT2D eigenvalue weighted by molar-refractivity contribution is 9.09. The van der Waals surface area contributed by atoms with Gasteiger partial charge in [-0.3, -0.25) is 4.79 Å². The third kappa shape index (κ3) is 3.75. The van der Waals surface area contributed by atoms with E-state index in [1.165, 1.54) is 0 Å². The first kappa shape index (κ1) is 11.0. The van der Waals surface area contributed by atoms with Crippen molar-refractivity contribution in [3.8, 4) is 0 Å². The molecule has 0 bridgehead atoms. The van der Waals surface area contributed by atoms with Crippen LogP contribution in [0.2, 0.25) is 0 Å². The van der Waals surface area contributed by atoms with E-state index >= 15 is 0 Å². The molecule has 0 rings (SSSR count). The maximum absolute atomic E-state index is 11.3. The number of carbonyl (C=O) groups excluding carboxylic acids is 1. The zero-order valence-electron chi connectivity index (χ0n) is 7.65. The van der Waals surface area contributed by atoms with Gasteiger partial charge in [0.25, 0.3) is 0 Å². The van der Waals surface area contributed by atoms with Crippen molar-refractivity contribution in [2.45, 2.75) is 32.7 Å². The lowest BCUT2D eigenvalue weighted by molar-refractivity contribution is -0.133. The Morgan fingerprint density at radius 1 is 1.45 bits per heavy atom. The van der Waals surface area contributed by atoms with Gasteiger partial charge in [-0.05, 0) is 20.8 Å². The minimum atomic E-state index is -0.0563. The predicted octanol–water partition coefficient (Wildman–Crippen LogP) is 2.03. The second-order valence-corrected chi connectivity index (χ2v) is 4.36. The molecule has 0 aliphatic carbocycles. The van der Waals surface area contributed by atoms with Gasteiger partial charge < -0.3 is 4.90 Å². The van der Waals surface area contributed by atoms with Crippen molar-refractivity contribution in [1.82, 2.24) is 4.90 Å². The molecule has 0 unspecified atom stereocenters. The highest BCUT2D eigenvalue weighted by Gasteiger charge is 2.20. The lowest BCUT2D eigenvalue weighted by Gasteiger charge is -2.31. The van der Waals surface area contributed by atoms with Crippen LogP contribution in [0, 0.1) is 0 Å². The molecule has 0 aromatic rings. The van der Waals surface area contributed by atoms with Crippen LogP contribution in [0.15, 0.2) is 0 Å². The van der Waals surface area contributed by atoms with Crippen molar-refractivity contribution >= 4 is 21.8 Å². The van der Waals surface area contributed by atoms with Crippen LogP contribution < -0.4 is 0 Å². The molecule has 11 heavy (non-hydrogen) atoms. The average Bonchev–Trinajstić information content (AvgIpc) is 1.85. The summed E-state index contributed by atoms with van der Waals surface area (Å²) in [4.78, 5) is 13.1. The standard InChI is InChI=1S/C8H16BrNO/c1-8(2,3)10(4)7(11)5-6-9/h5-6H2,1-4H3. The molecule has 0 aromatic carbocycles. The third-order valence-corrected chi connectivity index (χ3v) is 2.09. The van der Waals surface area contributed by atoms with Crippen LogP contribution in [0.3, 0.4) is 0 Å². The zero-order valence-corrected chi connectivity index (χ0v) is 9.23. The number of carbonyl (C=O) groups is 1. The summed E-state index contributed by atoms with van der Waals surface area (Å²) in [7, 11) is 1.84. The van der Waals surface area contributed by atoms with E-state index in [1.54, 1.807) is 4.90 Å². The molecular weight excluding hydrogens is 206 g/mol. The quantitative estimate of drug-likeness (QED) is 0.654. The smallest absolute Gasteiger partial charge is 0.223 e. The molecule has 0 aliphatic heterocycles. The summed E-state index contributed by atoms with van der Waals surface area (Å²) >= 11 is 3.24. The summed E-state index contributed by atoms with van der Waals surface area (Å²) in [5.41, 5.74) is -0.0563. The Labute approximate surface area is 77.1 Å². The molecule has 0 saturated heterocycles. The monoisotopic (exact) mass is 221 g/mol. The topological polar surface area (TPSA) is 20.3 Å². The van der Waals surface area contributed by atoms with Gasteiger partial charge in [0.2, 0.25) is 5.91 Å². The number of nitrogens with zero attached hydrogens (tertiary/aromatic N) is 1. The summed E-state index contributed by atoms with van der Waals surface area (Å²) in [6.07, 6.45) is 0.577. The van der Waals surface area contributed by atoms with Crippen LogP contribution in [0.1, 0.15) is 27.2 Å². The molecule has 0 atom stereocenters. The Hall–Kier alpha value is -0.0500. The average molecular weight is 222 g/mol. The van der Waals surface area contributed by atoms with Crippen molar-refractivity contribution in [1.29, 1.82) is 0 Å². The number of rotatable bonds is 2. The second kappa shape index (κ2) is 4.10. The van der Waals surface area contributed by atoms with E-state index < -0.39 is 0 Å². The molecule has 0 aromatic heterocycles. The van der Waals surface area contributed by atoms with E-state index in [0.29, 0.717) is 6.42 Å². The van der Waals surface area contributed by atoms with Gasteiger partial charge in [0, 0.05) is 24.3 Å². The first-order valence-corrected chi connectivity index (χ1v) is 4.84. The fourth-order valence-corrected chi connectivity index (χ4v) is 0.962. The largest absolute Gasteiger partial charge is 0.341 e. The zero-order chi connectivity index (χ0) is 9.07. The highest BCUT2D eigenvalue weighted by Crippen LogP contribution is 2.11. The minimum absolute atomic E-state index is 0.0563. The number of hydrogen-bond acceptors (Lipinski definition) is 1. The molecular formula is C8H16BrNO. The van der Waals surface area contributed by atoms with Gasteiger partial charge in [-0.25, -0.2) is 0 Å². The van der Waals surface area contributed by atoms with Crippen LogP contribution in [0.5, 0.6) is 0 Å². The van der Waals surface area contributed by atoms with E-state index in [0.717, 1.165) is 5.33 Å². The summed E-state index contributed by atoms with van der Waals surface area (Å²) in [6.45, 7) is 6.08. The summed E-state index contributed by atoms with van der Waals surface area (Å²) in [6, 6.07) is 0. The molecule has 0 heterocycles. The van der Waals surface area contributed by atoms with E-state index in [9.17, 15) is 4.79 Å². The lowest BCUT2D eigenvalue weighted by atomic mass is 10.1. The van der Waals surface area contributed by atoms with Gasteiger partial charge in [0.05, 0.1) is 0 Å². The van der Waals surface area contributed by atoms with Gasteiger partial charge in [-0.1, -0.05) is 15.9 Å². The van der Waals surface area contributed by atoms with Crippen molar-refractivity contribution in [3.63, 3.8) is 0 Å². The number of amides is 1. The Morgan fingerprint density at radius 3 is 2.18 bits per heavy atom. The Balaban J connectivity index is 4.03. The number of hydrogen-bond donors (Lipinski definition) is 0. The fraction of sp³-hybridized carbons (Fsp3) is 0.875. The Kier molecular flexibility index (Phi) is 4.08. The molecule has 66 valence electrons. The van der Waals surface area contributed by atoms with E-state index in [-0.39, 0.29) is 11.4 Å². The summed E-state index contributed by atoms with van der Waals surface area (Å²) < 4.78 is 0. The van der Waals surface area contributed by atoms with Gasteiger partial charge in [-0.2, -0.15) is 0 Å². The molecule has 0 aliphatic rings. The molecule has 0 radical (unpaired) electrons. The van der Waals surface area contributed by atoms with Crippen LogP contribution >= 0.6 is 15.9 Å². The van der Waals surface area contributed by atoms with Gasteiger partial charge in [-0.15, -0.1) is 0 Å². The van der Waals surface area contributed by atoms with Crippen LogP contribution in [0.4, 0.5) is 0 Å². The van der Waals surface area contributed by atoms with Gasteiger partial charge in [0.1, 0.15) is 0 Å². The van der Waals surface area contributed by atoms with E-state index in [4.69, 9.17) is 0 Å². The minimum Gasteiger partial charge on any atom is -0.341 e. The van der Waals surface area contributed by atoms with Gasteiger partial charge >= 0.3 is 0 Å². The van der Waals surface area contributed by atoms with Crippen molar-refractivity contribution in [2.75, 3.05) is 12.4 Å². The van der Waals surface area contributed by atoms with E-state index in [2.05, 4.69) is 15.9 Å². The van der Waals surface area contributed by atoms with Crippen LogP contribution in [-0.4, -0.2) is 28.7 Å². The van der Waals surface area contributed by atoms with E-state index in [1.807, 2.05) is 27.8 Å². The molecule has 0 spiro atoms. The normalized spacial score (nSPS) is 11.4. The maximum Gasteiger partial charge on any atom is 0.223 e. The number of alkyl halides is 1. The summed E-state index contributed by atoms with van der Waals surface area (Å²) in [5.74, 6) is 0.189. The molecule has 0 N–H and O–H groups in total. The van der Waals surface area contributed by atoms with Crippen LogP contribution in [0.25, 0.3) is 0 Å². The van der Waals surface area contributed by atoms with Crippen molar-refractivity contribution < 1.29 is 4.79 Å².